The molecule has 1 amide bonds. The van der Waals surface area contributed by atoms with Crippen molar-refractivity contribution in [2.45, 2.75) is 19.9 Å². The van der Waals surface area contributed by atoms with Gasteiger partial charge in [-0.15, -0.1) is 0 Å². The van der Waals surface area contributed by atoms with Crippen LogP contribution in [0, 0.1) is 5.82 Å². The van der Waals surface area contributed by atoms with Crippen LogP contribution in [0.3, 0.4) is 0 Å². The van der Waals surface area contributed by atoms with Gasteiger partial charge >= 0.3 is 0 Å². The van der Waals surface area contributed by atoms with E-state index < -0.39 is 29.3 Å². The van der Waals surface area contributed by atoms with Gasteiger partial charge in [-0.2, -0.15) is 0 Å². The van der Waals surface area contributed by atoms with Crippen LogP contribution in [-0.4, -0.2) is 35.1 Å². The molecule has 1 fully saturated rings. The minimum Gasteiger partial charge on any atom is -0.507 e. The summed E-state index contributed by atoms with van der Waals surface area (Å²) in [5.74, 6) is -2.29. The Morgan fingerprint density at radius 2 is 1.66 bits per heavy atom. The van der Waals surface area contributed by atoms with E-state index in [4.69, 9.17) is 9.47 Å². The number of rotatable bonds is 7. The third-order valence-corrected chi connectivity index (χ3v) is 5.59. The van der Waals surface area contributed by atoms with E-state index in [0.717, 1.165) is 4.90 Å². The molecule has 1 saturated heterocycles. The van der Waals surface area contributed by atoms with Gasteiger partial charge in [-0.3, -0.25) is 14.5 Å². The van der Waals surface area contributed by atoms with Crippen molar-refractivity contribution in [1.82, 2.24) is 0 Å². The molecule has 3 aromatic carbocycles. The minimum absolute atomic E-state index is 0.0831. The van der Waals surface area contributed by atoms with Crippen LogP contribution >= 0.6 is 0 Å². The van der Waals surface area contributed by atoms with Crippen LogP contribution in [-0.2, 0) is 9.59 Å². The molecule has 1 unspecified atom stereocenters. The summed E-state index contributed by atoms with van der Waals surface area (Å²) in [5, 5.41) is 21.8. The van der Waals surface area contributed by atoms with E-state index in [-0.39, 0.29) is 34.9 Å². The van der Waals surface area contributed by atoms with Crippen LogP contribution in [0.15, 0.2) is 72.3 Å². The lowest BCUT2D eigenvalue weighted by atomic mass is 9.94. The summed E-state index contributed by atoms with van der Waals surface area (Å²) in [6.45, 7) is 4.31. The molecule has 8 heteroatoms. The van der Waals surface area contributed by atoms with Crippen molar-refractivity contribution in [1.29, 1.82) is 0 Å². The lowest BCUT2D eigenvalue weighted by Crippen LogP contribution is -2.29. The fourth-order valence-corrected chi connectivity index (χ4v) is 4.08. The van der Waals surface area contributed by atoms with Crippen LogP contribution in [0.1, 0.15) is 31.0 Å². The zero-order valence-electron chi connectivity index (χ0n) is 19.2. The summed E-state index contributed by atoms with van der Waals surface area (Å²) in [7, 11) is 0. The van der Waals surface area contributed by atoms with Gasteiger partial charge in [-0.1, -0.05) is 24.3 Å². The van der Waals surface area contributed by atoms with Crippen molar-refractivity contribution >= 4 is 23.1 Å². The quantitative estimate of drug-likeness (QED) is 0.284. The van der Waals surface area contributed by atoms with E-state index >= 15 is 0 Å². The highest BCUT2D eigenvalue weighted by atomic mass is 19.1. The van der Waals surface area contributed by atoms with Crippen LogP contribution in [0.4, 0.5) is 10.1 Å². The normalized spacial score (nSPS) is 17.0. The highest BCUT2D eigenvalue weighted by Crippen LogP contribution is 2.45. The number of aliphatic hydroxyl groups excluding tert-OH is 1. The Hall–Kier alpha value is -4.33. The van der Waals surface area contributed by atoms with Crippen molar-refractivity contribution in [3.05, 3.63) is 89.2 Å². The van der Waals surface area contributed by atoms with Crippen molar-refractivity contribution in [3.8, 4) is 17.2 Å². The number of halogens is 1. The molecule has 0 bridgehead atoms. The Morgan fingerprint density at radius 3 is 2.31 bits per heavy atom. The molecule has 35 heavy (non-hydrogen) atoms. The zero-order chi connectivity index (χ0) is 25.1. The molecule has 0 aliphatic carbocycles. The molecule has 7 nitrogen and oxygen atoms in total. The number of phenolic OH excluding ortho intramolecular Hbond substituents is 1. The number of para-hydroxylation sites is 2. The number of phenols is 1. The minimum atomic E-state index is -1.12. The van der Waals surface area contributed by atoms with Gasteiger partial charge in [-0.05, 0) is 55.8 Å². The van der Waals surface area contributed by atoms with E-state index in [0.29, 0.717) is 17.9 Å². The van der Waals surface area contributed by atoms with Crippen LogP contribution in [0.5, 0.6) is 17.2 Å². The first kappa shape index (κ1) is 23.8. The predicted molar refractivity (Wildman–Crippen MR) is 128 cm³/mol. The van der Waals surface area contributed by atoms with E-state index in [1.165, 1.54) is 36.4 Å². The molecule has 0 radical (unpaired) electrons. The molecule has 1 aliphatic rings. The molecule has 1 atom stereocenters. The number of amides is 1. The topological polar surface area (TPSA) is 96.3 Å². The number of benzene rings is 3. The summed E-state index contributed by atoms with van der Waals surface area (Å²) < 4.78 is 24.9. The van der Waals surface area contributed by atoms with E-state index in [2.05, 4.69) is 0 Å². The van der Waals surface area contributed by atoms with Crippen molar-refractivity contribution in [2.24, 2.45) is 0 Å². The highest BCUT2D eigenvalue weighted by Gasteiger charge is 2.48. The number of aliphatic hydroxyl groups is 1. The van der Waals surface area contributed by atoms with Crippen LogP contribution < -0.4 is 14.4 Å². The smallest absolute Gasteiger partial charge is 0.300 e. The van der Waals surface area contributed by atoms with Gasteiger partial charge in [0.05, 0.1) is 36.1 Å². The second-order valence-corrected chi connectivity index (χ2v) is 7.73. The van der Waals surface area contributed by atoms with Crippen molar-refractivity contribution < 1.29 is 33.7 Å². The molecule has 0 spiro atoms. The Kier molecular flexibility index (Phi) is 6.73. The lowest BCUT2D eigenvalue weighted by molar-refractivity contribution is -0.132. The standard InChI is InChI=1S/C27H24FNO6/c1-3-34-18-13-14-19(22(15-18)35-4-2)25(31)23-24(16-9-11-17(28)12-10-16)29(27(33)26(23)32)20-7-5-6-8-21(20)30/h5-15,24,30-31H,3-4H2,1-2H3/b25-23-. The third kappa shape index (κ3) is 4.42. The van der Waals surface area contributed by atoms with Gasteiger partial charge in [0.2, 0.25) is 0 Å². The Labute approximate surface area is 201 Å². The van der Waals surface area contributed by atoms with E-state index in [9.17, 15) is 24.2 Å². The molecule has 2 N–H and O–H groups in total. The molecule has 1 heterocycles. The fraction of sp³-hybridized carbons (Fsp3) is 0.185. The van der Waals surface area contributed by atoms with Crippen molar-refractivity contribution in [3.63, 3.8) is 0 Å². The highest BCUT2D eigenvalue weighted by molar-refractivity contribution is 6.52. The molecule has 4 rings (SSSR count). The van der Waals surface area contributed by atoms with Crippen LogP contribution in [0.25, 0.3) is 5.76 Å². The number of anilines is 1. The summed E-state index contributed by atoms with van der Waals surface area (Å²) in [6.07, 6.45) is 0. The summed E-state index contributed by atoms with van der Waals surface area (Å²) in [6, 6.07) is 14.9. The maximum Gasteiger partial charge on any atom is 0.300 e. The number of ether oxygens (including phenoxy) is 2. The molecule has 1 aliphatic heterocycles. The van der Waals surface area contributed by atoms with E-state index in [1.807, 2.05) is 6.92 Å². The first-order chi connectivity index (χ1) is 16.9. The number of ketones is 1. The second kappa shape index (κ2) is 9.89. The monoisotopic (exact) mass is 477 g/mol. The molecular weight excluding hydrogens is 453 g/mol. The number of Topliss-reactive ketones (excluding diaryl/α,β-unsaturated/α-hetero) is 1. The summed E-state index contributed by atoms with van der Waals surface area (Å²) in [5.41, 5.74) is 0.437. The van der Waals surface area contributed by atoms with Crippen LogP contribution in [0.2, 0.25) is 0 Å². The number of nitrogens with zero attached hydrogens (tertiary/aromatic N) is 1. The lowest BCUT2D eigenvalue weighted by Gasteiger charge is -2.26. The average Bonchev–Trinajstić information content (AvgIpc) is 3.10. The van der Waals surface area contributed by atoms with Gasteiger partial charge in [-0.25, -0.2) is 4.39 Å². The second-order valence-electron chi connectivity index (χ2n) is 7.73. The zero-order valence-corrected chi connectivity index (χ0v) is 19.2. The Balaban J connectivity index is 1.95. The maximum absolute atomic E-state index is 13.7. The summed E-state index contributed by atoms with van der Waals surface area (Å²) >= 11 is 0. The molecule has 180 valence electrons. The van der Waals surface area contributed by atoms with Crippen molar-refractivity contribution in [2.75, 3.05) is 18.1 Å². The number of carbonyl (C=O) groups excluding carboxylic acids is 2. The number of carbonyl (C=O) groups is 2. The molecular formula is C27H24FNO6. The fourth-order valence-electron chi connectivity index (χ4n) is 4.08. The van der Waals surface area contributed by atoms with E-state index in [1.54, 1.807) is 37.3 Å². The number of hydrogen-bond donors (Lipinski definition) is 2. The molecule has 0 saturated carbocycles. The molecule has 3 aromatic rings. The molecule has 0 aromatic heterocycles. The van der Waals surface area contributed by atoms with Gasteiger partial charge in [0.15, 0.2) is 0 Å². The SMILES string of the molecule is CCOc1ccc(/C(O)=C2/C(=O)C(=O)N(c3ccccc3O)C2c2ccc(F)cc2)c(OCC)c1. The van der Waals surface area contributed by atoms with Gasteiger partial charge in [0.1, 0.15) is 28.8 Å². The Bertz CT molecular complexity index is 1300. The Morgan fingerprint density at radius 1 is 0.971 bits per heavy atom. The van der Waals surface area contributed by atoms with Gasteiger partial charge in [0, 0.05) is 6.07 Å². The first-order valence-corrected chi connectivity index (χ1v) is 11.1. The largest absolute Gasteiger partial charge is 0.507 e. The van der Waals surface area contributed by atoms with Gasteiger partial charge in [0.25, 0.3) is 11.7 Å². The number of hydrogen-bond acceptors (Lipinski definition) is 6. The van der Waals surface area contributed by atoms with Gasteiger partial charge < -0.3 is 19.7 Å². The number of aromatic hydroxyl groups is 1. The maximum atomic E-state index is 13.7. The third-order valence-electron chi connectivity index (χ3n) is 5.59. The first-order valence-electron chi connectivity index (χ1n) is 11.1. The average molecular weight is 477 g/mol. The predicted octanol–water partition coefficient (Wildman–Crippen LogP) is 4.96. The summed E-state index contributed by atoms with van der Waals surface area (Å²) in [4.78, 5) is 27.6.